The van der Waals surface area contributed by atoms with Gasteiger partial charge >= 0.3 is 0 Å². The molecule has 3 rings (SSSR count). The topological polar surface area (TPSA) is 69.4 Å². The number of rotatable bonds is 7. The first kappa shape index (κ1) is 19.4. The van der Waals surface area contributed by atoms with Crippen LogP contribution in [0.5, 0.6) is 0 Å². The minimum absolute atomic E-state index is 0.180. The average Bonchev–Trinajstić information content (AvgIpc) is 3.31. The van der Waals surface area contributed by atoms with Crippen molar-refractivity contribution in [1.29, 1.82) is 0 Å². The van der Waals surface area contributed by atoms with Gasteiger partial charge in [0.2, 0.25) is 0 Å². The molecular weight excluding hydrogens is 370 g/mol. The molecule has 2 N–H and O–H groups in total. The summed E-state index contributed by atoms with van der Waals surface area (Å²) in [5.74, 6) is -0.180. The van der Waals surface area contributed by atoms with E-state index in [1.54, 1.807) is 24.3 Å². The fourth-order valence-corrected chi connectivity index (χ4v) is 6.33. The fraction of sp³-hybridized carbons (Fsp3) is 0.400. The normalized spacial score (nSPS) is 25.2. The van der Waals surface area contributed by atoms with Crippen LogP contribution in [0.15, 0.2) is 53.4 Å². The van der Waals surface area contributed by atoms with Gasteiger partial charge in [0.1, 0.15) is 0 Å². The van der Waals surface area contributed by atoms with E-state index in [9.17, 15) is 8.42 Å². The Bertz CT molecular complexity index is 865. The van der Waals surface area contributed by atoms with E-state index in [0.717, 1.165) is 11.1 Å². The summed E-state index contributed by atoms with van der Waals surface area (Å²) < 4.78 is 32.3. The molecule has 0 aliphatic heterocycles. The van der Waals surface area contributed by atoms with Gasteiger partial charge in [0.15, 0.2) is 9.84 Å². The Morgan fingerprint density at radius 2 is 1.73 bits per heavy atom. The lowest BCUT2D eigenvalue weighted by Gasteiger charge is -2.16. The molecule has 0 heterocycles. The van der Waals surface area contributed by atoms with Gasteiger partial charge in [-0.2, -0.15) is 0 Å². The second-order valence-corrected chi connectivity index (χ2v) is 9.39. The van der Waals surface area contributed by atoms with Crippen LogP contribution in [0.1, 0.15) is 24.0 Å². The Kier molecular flexibility index (Phi) is 5.45. The Hall–Kier alpha value is -1.40. The highest BCUT2D eigenvalue weighted by Crippen LogP contribution is 2.63. The maximum atomic E-state index is 13.3. The van der Waals surface area contributed by atoms with Crippen LogP contribution in [0, 0.1) is 12.3 Å². The van der Waals surface area contributed by atoms with Gasteiger partial charge in [0, 0.05) is 29.5 Å². The van der Waals surface area contributed by atoms with E-state index in [-0.39, 0.29) is 17.4 Å². The summed E-state index contributed by atoms with van der Waals surface area (Å²) in [6, 6.07) is 14.3. The van der Waals surface area contributed by atoms with Crippen molar-refractivity contribution in [2.24, 2.45) is 11.1 Å². The molecule has 0 saturated heterocycles. The third-order valence-electron chi connectivity index (χ3n) is 5.25. The summed E-state index contributed by atoms with van der Waals surface area (Å²) >= 11 is 5.91. The molecule has 0 aromatic heterocycles. The van der Waals surface area contributed by atoms with Crippen molar-refractivity contribution in [3.8, 4) is 0 Å². The van der Waals surface area contributed by atoms with E-state index in [4.69, 9.17) is 22.1 Å². The van der Waals surface area contributed by atoms with E-state index >= 15 is 0 Å². The summed E-state index contributed by atoms with van der Waals surface area (Å²) in [6.07, 6.45) is 0. The van der Waals surface area contributed by atoms with E-state index < -0.39 is 20.5 Å². The monoisotopic (exact) mass is 393 g/mol. The molecular formula is C20H24ClNO3S. The van der Waals surface area contributed by atoms with Crippen molar-refractivity contribution < 1.29 is 13.2 Å². The number of aryl methyl sites for hydroxylation is 1. The summed E-state index contributed by atoms with van der Waals surface area (Å²) in [7, 11) is -3.56. The van der Waals surface area contributed by atoms with E-state index in [1.165, 1.54) is 0 Å². The molecule has 1 fully saturated rings. The second-order valence-electron chi connectivity index (χ2n) is 6.88. The predicted molar refractivity (Wildman–Crippen MR) is 104 cm³/mol. The summed E-state index contributed by atoms with van der Waals surface area (Å²) in [4.78, 5) is 0.274. The van der Waals surface area contributed by atoms with Crippen LogP contribution in [0.25, 0.3) is 0 Å². The zero-order valence-electron chi connectivity index (χ0n) is 15.0. The second kappa shape index (κ2) is 7.31. The Balaban J connectivity index is 2.03. The van der Waals surface area contributed by atoms with Crippen molar-refractivity contribution >= 4 is 21.4 Å². The zero-order chi connectivity index (χ0) is 18.9. The molecule has 6 heteroatoms. The fourth-order valence-electron chi connectivity index (χ4n) is 3.76. The molecule has 4 nitrogen and oxygen atoms in total. The zero-order valence-corrected chi connectivity index (χ0v) is 16.6. The van der Waals surface area contributed by atoms with E-state index in [2.05, 4.69) is 0 Å². The summed E-state index contributed by atoms with van der Waals surface area (Å²) in [6.45, 7) is 5.01. The summed E-state index contributed by atoms with van der Waals surface area (Å²) in [5, 5.41) is -0.0929. The summed E-state index contributed by atoms with van der Waals surface area (Å²) in [5.41, 5.74) is 7.61. The van der Waals surface area contributed by atoms with Gasteiger partial charge in [0.05, 0.1) is 16.8 Å². The molecule has 0 unspecified atom stereocenters. The van der Waals surface area contributed by atoms with Gasteiger partial charge in [-0.05, 0) is 43.7 Å². The lowest BCUT2D eigenvalue weighted by Crippen LogP contribution is -2.29. The van der Waals surface area contributed by atoms with Crippen molar-refractivity contribution in [1.82, 2.24) is 0 Å². The number of nitrogens with two attached hydrogens (primary N) is 1. The Morgan fingerprint density at radius 1 is 1.12 bits per heavy atom. The molecule has 0 radical (unpaired) electrons. The van der Waals surface area contributed by atoms with Crippen LogP contribution in [0.3, 0.4) is 0 Å². The van der Waals surface area contributed by atoms with Crippen molar-refractivity contribution in [3.63, 3.8) is 0 Å². The van der Waals surface area contributed by atoms with Crippen LogP contribution in [0.2, 0.25) is 5.02 Å². The first-order valence-electron chi connectivity index (χ1n) is 8.70. The Morgan fingerprint density at radius 3 is 2.27 bits per heavy atom. The number of hydrogen-bond acceptors (Lipinski definition) is 4. The van der Waals surface area contributed by atoms with Crippen LogP contribution in [-0.4, -0.2) is 33.4 Å². The molecule has 2 aromatic rings. The van der Waals surface area contributed by atoms with Crippen molar-refractivity contribution in [2.75, 3.05) is 19.8 Å². The number of benzene rings is 2. The number of ether oxygens (including phenoxy) is 1. The van der Waals surface area contributed by atoms with E-state index in [1.807, 2.05) is 38.1 Å². The molecule has 0 spiro atoms. The van der Waals surface area contributed by atoms with Gasteiger partial charge in [-0.1, -0.05) is 41.4 Å². The highest BCUT2D eigenvalue weighted by molar-refractivity contribution is 7.92. The van der Waals surface area contributed by atoms with Gasteiger partial charge in [-0.15, -0.1) is 0 Å². The van der Waals surface area contributed by atoms with Crippen LogP contribution < -0.4 is 5.73 Å². The molecule has 26 heavy (non-hydrogen) atoms. The van der Waals surface area contributed by atoms with E-state index in [0.29, 0.717) is 18.2 Å². The molecule has 0 bridgehead atoms. The molecule has 1 aliphatic carbocycles. The van der Waals surface area contributed by atoms with Gasteiger partial charge in [-0.25, -0.2) is 8.42 Å². The quantitative estimate of drug-likeness (QED) is 0.780. The molecule has 2 aromatic carbocycles. The maximum Gasteiger partial charge on any atom is 0.182 e. The maximum absolute atomic E-state index is 13.3. The first-order chi connectivity index (χ1) is 12.4. The minimum atomic E-state index is -3.56. The minimum Gasteiger partial charge on any atom is -0.381 e. The smallest absolute Gasteiger partial charge is 0.182 e. The lowest BCUT2D eigenvalue weighted by atomic mass is 9.99. The highest BCUT2D eigenvalue weighted by Gasteiger charge is 2.70. The Labute approximate surface area is 160 Å². The first-order valence-corrected chi connectivity index (χ1v) is 10.6. The molecule has 140 valence electrons. The highest BCUT2D eigenvalue weighted by atomic mass is 35.5. The largest absolute Gasteiger partial charge is 0.381 e. The number of halogens is 1. The van der Waals surface area contributed by atoms with Gasteiger partial charge < -0.3 is 10.5 Å². The number of hydrogen-bond donors (Lipinski definition) is 1. The van der Waals surface area contributed by atoms with Crippen LogP contribution in [-0.2, 0) is 14.6 Å². The van der Waals surface area contributed by atoms with Crippen LogP contribution in [0.4, 0.5) is 0 Å². The van der Waals surface area contributed by atoms with Gasteiger partial charge in [-0.3, -0.25) is 0 Å². The third kappa shape index (κ3) is 3.29. The third-order valence-corrected chi connectivity index (χ3v) is 7.84. The standard InChI is InChI=1S/C20H24ClNO3S/c1-3-25-13-20(12-22)18(15-6-4-14(2)5-7-15)19(20)26(23,24)17-10-8-16(21)9-11-17/h4-11,18-19H,3,12-13,22H2,1-2H3/t18-,19+,20+/m1/s1. The van der Waals surface area contributed by atoms with Crippen molar-refractivity contribution in [3.05, 3.63) is 64.7 Å². The predicted octanol–water partition coefficient (Wildman–Crippen LogP) is 3.57. The SMILES string of the molecule is CCOC[C@@]1(CN)[C@H](c2ccc(C)cc2)[C@@H]1S(=O)(=O)c1ccc(Cl)cc1. The lowest BCUT2D eigenvalue weighted by molar-refractivity contribution is 0.101. The molecule has 0 amide bonds. The van der Waals surface area contributed by atoms with Crippen LogP contribution >= 0.6 is 11.6 Å². The van der Waals surface area contributed by atoms with Crippen molar-refractivity contribution in [2.45, 2.75) is 29.9 Å². The molecule has 1 aliphatic rings. The molecule has 1 saturated carbocycles. The average molecular weight is 394 g/mol. The number of sulfone groups is 1. The molecule has 3 atom stereocenters. The van der Waals surface area contributed by atoms with Gasteiger partial charge in [0.25, 0.3) is 0 Å².